The van der Waals surface area contributed by atoms with Crippen LogP contribution in [0.3, 0.4) is 0 Å². The van der Waals surface area contributed by atoms with Crippen LogP contribution in [0, 0.1) is 23.5 Å². The first-order valence-electron chi connectivity index (χ1n) is 23.7. The Balaban J connectivity index is 0.000000221. The number of carbonyl (C=O) groups excluding carboxylic acids is 6. The molecule has 24 heteroatoms. The highest BCUT2D eigenvalue weighted by atomic mass is 35.5. The summed E-state index contributed by atoms with van der Waals surface area (Å²) in [6.07, 6.45) is -3.84. The van der Waals surface area contributed by atoms with Crippen LogP contribution in [0.25, 0.3) is 0 Å². The Kier molecular flexibility index (Phi) is 16.7. The number of alkyl carbamates (subject to hydrolysis) is 2. The van der Waals surface area contributed by atoms with Gasteiger partial charge in [-0.2, -0.15) is 0 Å². The number of fused-ring (bicyclic) bond motifs is 2. The molecule has 408 valence electrons. The van der Waals surface area contributed by atoms with E-state index in [1.165, 1.54) is 11.0 Å². The molecule has 0 spiro atoms. The van der Waals surface area contributed by atoms with Crippen LogP contribution >= 0.6 is 35.0 Å². The average molecular weight is 1140 g/mol. The summed E-state index contributed by atoms with van der Waals surface area (Å²) < 4.78 is 121. The van der Waals surface area contributed by atoms with E-state index in [2.05, 4.69) is 10.6 Å². The Morgan fingerprint density at radius 1 is 0.658 bits per heavy atom. The maximum Gasteiger partial charge on any atom is 0.408 e. The molecule has 0 radical (unpaired) electrons. The standard InChI is InChI=1S/C26H26ClF3N2O6S.C26H26ClF3N2O4S/c1-25(2,3)38-24(35)31-19-13-39(36,37)22-10-18(28)17(21(33)8-15-11-26(15,29)30)9-20(22)32(23(19)34)12-14-4-6-16(27)7-5-14;1-25(2,3)36-24(35)31-19-13-37-22-10-18(28)17(21(33)8-15-11-26(15,29)30)9-20(22)32(23(19)34)12-14-4-6-16(27)7-5-14/h4-7,9-10,15,19H,8,11-13H2,1-3H3,(H,31,35);4-7,9-10,15,19H,8,11-13H2,1-3H3,(H,31,35)/t2*15?,19-/m00/s1. The molecule has 4 aromatic rings. The largest absolute Gasteiger partial charge is 0.444 e. The highest BCUT2D eigenvalue weighted by molar-refractivity contribution is 7.99. The molecule has 2 fully saturated rings. The van der Waals surface area contributed by atoms with E-state index in [4.69, 9.17) is 32.7 Å². The third-order valence-corrected chi connectivity index (χ3v) is 15.6. The Hall–Kier alpha value is -5.84. The predicted octanol–water partition coefficient (Wildman–Crippen LogP) is 11.2. The van der Waals surface area contributed by atoms with Gasteiger partial charge in [0.15, 0.2) is 21.4 Å². The van der Waals surface area contributed by atoms with E-state index in [1.807, 2.05) is 0 Å². The number of halogens is 8. The molecular weight excluding hydrogens is 1090 g/mol. The normalized spacial score (nSPS) is 21.1. The zero-order valence-electron chi connectivity index (χ0n) is 41.7. The van der Waals surface area contributed by atoms with E-state index in [9.17, 15) is 59.1 Å². The molecular formula is C52H52Cl2F6N4O10S2. The fourth-order valence-electron chi connectivity index (χ4n) is 8.17. The van der Waals surface area contributed by atoms with E-state index in [0.717, 1.165) is 28.8 Å². The van der Waals surface area contributed by atoms with Crippen LogP contribution in [0.15, 0.2) is 82.6 Å². The molecule has 2 saturated carbocycles. The highest BCUT2D eigenvalue weighted by Gasteiger charge is 2.58. The van der Waals surface area contributed by atoms with Gasteiger partial charge in [-0.15, -0.1) is 11.8 Å². The molecule has 8 rings (SSSR count). The fraction of sp³-hybridized carbons (Fsp3) is 0.423. The number of nitrogens with one attached hydrogen (secondary N) is 2. The van der Waals surface area contributed by atoms with Crippen molar-refractivity contribution in [1.82, 2.24) is 10.6 Å². The monoisotopic (exact) mass is 1140 g/mol. The number of carbonyl (C=O) groups is 6. The summed E-state index contributed by atoms with van der Waals surface area (Å²) in [5.74, 6) is -14.2. The molecule has 4 amide bonds. The summed E-state index contributed by atoms with van der Waals surface area (Å²) in [6.45, 7) is 9.63. The summed E-state index contributed by atoms with van der Waals surface area (Å²) in [7, 11) is -4.40. The Bertz CT molecular complexity index is 3080. The number of ether oxygens (including phenoxy) is 2. The lowest BCUT2D eigenvalue weighted by molar-refractivity contribution is -0.120. The number of sulfone groups is 1. The first-order valence-corrected chi connectivity index (χ1v) is 27.0. The molecule has 2 heterocycles. The SMILES string of the molecule is CC(C)(C)OC(=O)N[C@H]1CS(=O)(=O)c2cc(F)c(C(=O)CC3CC3(F)F)cc2N(Cc2ccc(Cl)cc2)C1=O.CC(C)(C)OC(=O)N[C@H]1CSc2cc(F)c(C(=O)CC3CC3(F)F)cc2N(Cc2ccc(Cl)cc2)C1=O. The number of rotatable bonds is 12. The zero-order chi connectivity index (χ0) is 56.0. The molecule has 4 aliphatic rings. The third kappa shape index (κ3) is 14.4. The van der Waals surface area contributed by atoms with Crippen molar-refractivity contribution in [2.45, 2.75) is 125 Å². The van der Waals surface area contributed by atoms with E-state index in [1.54, 1.807) is 90.1 Å². The van der Waals surface area contributed by atoms with Crippen molar-refractivity contribution in [3.05, 3.63) is 117 Å². The number of anilines is 2. The summed E-state index contributed by atoms with van der Waals surface area (Å²) in [5.41, 5.74) is -1.55. The van der Waals surface area contributed by atoms with Gasteiger partial charge in [0.2, 0.25) is 0 Å². The van der Waals surface area contributed by atoms with Crippen molar-refractivity contribution >= 4 is 91.7 Å². The van der Waals surface area contributed by atoms with Crippen molar-refractivity contribution in [2.75, 3.05) is 21.3 Å². The number of hydrogen-bond acceptors (Lipinski definition) is 11. The van der Waals surface area contributed by atoms with E-state index >= 15 is 4.39 Å². The number of ketones is 2. The van der Waals surface area contributed by atoms with Crippen LogP contribution in [0.5, 0.6) is 0 Å². The lowest BCUT2D eigenvalue weighted by atomic mass is 10.0. The molecule has 14 nitrogen and oxygen atoms in total. The van der Waals surface area contributed by atoms with Gasteiger partial charge in [0.1, 0.15) is 34.9 Å². The van der Waals surface area contributed by atoms with Gasteiger partial charge in [-0.05, 0) is 101 Å². The number of alkyl halides is 4. The quantitative estimate of drug-likeness (QED) is 0.102. The minimum atomic E-state index is -4.40. The number of nitrogens with zero attached hydrogens (tertiary/aromatic N) is 2. The maximum absolute atomic E-state index is 15.1. The molecule has 0 saturated heterocycles. The fourth-order valence-corrected chi connectivity index (χ4v) is 11.1. The van der Waals surface area contributed by atoms with Crippen LogP contribution in [0.2, 0.25) is 10.0 Å². The van der Waals surface area contributed by atoms with E-state index < -0.39 is 146 Å². The van der Waals surface area contributed by atoms with Crippen molar-refractivity contribution in [3.8, 4) is 0 Å². The van der Waals surface area contributed by atoms with Gasteiger partial charge >= 0.3 is 12.2 Å². The van der Waals surface area contributed by atoms with Crippen LogP contribution < -0.4 is 20.4 Å². The number of benzene rings is 4. The Morgan fingerprint density at radius 3 is 1.49 bits per heavy atom. The van der Waals surface area contributed by atoms with Gasteiger partial charge in [0.25, 0.3) is 23.7 Å². The average Bonchev–Trinajstić information content (AvgIpc) is 4.15. The molecule has 76 heavy (non-hydrogen) atoms. The minimum Gasteiger partial charge on any atom is -0.444 e. The second kappa shape index (κ2) is 21.9. The topological polar surface area (TPSA) is 186 Å². The molecule has 0 bridgehead atoms. The van der Waals surface area contributed by atoms with Gasteiger partial charge < -0.3 is 29.9 Å². The van der Waals surface area contributed by atoms with Gasteiger partial charge in [-0.3, -0.25) is 19.2 Å². The van der Waals surface area contributed by atoms with Crippen molar-refractivity contribution in [1.29, 1.82) is 0 Å². The molecule has 2 aliphatic heterocycles. The molecule has 4 aromatic carbocycles. The van der Waals surface area contributed by atoms with Crippen LogP contribution in [-0.2, 0) is 42.0 Å². The summed E-state index contributed by atoms with van der Waals surface area (Å²) in [6, 6.07) is 14.3. The smallest absolute Gasteiger partial charge is 0.408 e. The second-order valence-electron chi connectivity index (χ2n) is 20.8. The van der Waals surface area contributed by atoms with E-state index in [-0.39, 0.29) is 35.8 Å². The highest BCUT2D eigenvalue weighted by Crippen LogP contribution is 2.52. The van der Waals surface area contributed by atoms with Gasteiger partial charge in [-0.1, -0.05) is 47.5 Å². The van der Waals surface area contributed by atoms with Gasteiger partial charge in [0, 0.05) is 58.2 Å². The second-order valence-corrected chi connectivity index (χ2v) is 24.7. The molecule has 4 atom stereocenters. The Morgan fingerprint density at radius 2 is 1.05 bits per heavy atom. The van der Waals surface area contributed by atoms with E-state index in [0.29, 0.717) is 32.1 Å². The summed E-state index contributed by atoms with van der Waals surface area (Å²) in [5, 5.41) is 5.76. The van der Waals surface area contributed by atoms with Crippen molar-refractivity contribution in [3.63, 3.8) is 0 Å². The lowest BCUT2D eigenvalue weighted by Crippen LogP contribution is -2.51. The number of Topliss-reactive ketones (excluding diaryl/α,β-unsaturated/α-hetero) is 2. The summed E-state index contributed by atoms with van der Waals surface area (Å²) >= 11 is 13.1. The molecule has 2 aliphatic carbocycles. The predicted molar refractivity (Wildman–Crippen MR) is 271 cm³/mol. The van der Waals surface area contributed by atoms with Gasteiger partial charge in [-0.25, -0.2) is 44.3 Å². The molecule has 2 unspecified atom stereocenters. The lowest BCUT2D eigenvalue weighted by Gasteiger charge is -2.27. The van der Waals surface area contributed by atoms with Gasteiger partial charge in [0.05, 0.1) is 46.2 Å². The number of hydrogen-bond donors (Lipinski definition) is 2. The van der Waals surface area contributed by atoms with Crippen LogP contribution in [0.1, 0.15) is 99.1 Å². The summed E-state index contributed by atoms with van der Waals surface area (Å²) in [4.78, 5) is 79.9. The maximum atomic E-state index is 15.1. The van der Waals surface area contributed by atoms with Crippen molar-refractivity contribution in [2.24, 2.45) is 11.8 Å². The Labute approximate surface area is 448 Å². The molecule has 2 N–H and O–H groups in total. The van der Waals surface area contributed by atoms with Crippen molar-refractivity contribution < 1.29 is 73.0 Å². The number of amides is 4. The van der Waals surface area contributed by atoms with Crippen LogP contribution in [-0.4, -0.2) is 90.6 Å². The minimum absolute atomic E-state index is 0.0377. The van der Waals surface area contributed by atoms with Crippen LogP contribution in [0.4, 0.5) is 47.3 Å². The number of thioether (sulfide) groups is 1. The first-order chi connectivity index (χ1) is 35.2. The third-order valence-electron chi connectivity index (χ3n) is 12.2. The first kappa shape index (κ1) is 57.9. The zero-order valence-corrected chi connectivity index (χ0v) is 44.9. The molecule has 0 aromatic heterocycles.